The van der Waals surface area contributed by atoms with Crippen LogP contribution in [0.1, 0.15) is 19.4 Å². The Balaban J connectivity index is 2.03. The quantitative estimate of drug-likeness (QED) is 0.808. The molecular formula is C18H18ClFN2O2. The molecule has 2 amide bonds. The molecule has 0 saturated heterocycles. The molecule has 0 fully saturated rings. The minimum absolute atomic E-state index is 0.00824. The summed E-state index contributed by atoms with van der Waals surface area (Å²) in [5.41, 5.74) is -0.558. The molecule has 2 rings (SSSR count). The fourth-order valence-corrected chi connectivity index (χ4v) is 2.17. The number of nitrogens with one attached hydrogen (secondary N) is 2. The highest BCUT2D eigenvalue weighted by atomic mass is 35.5. The van der Waals surface area contributed by atoms with Gasteiger partial charge in [-0.25, -0.2) is 4.39 Å². The van der Waals surface area contributed by atoms with E-state index in [1.165, 1.54) is 19.9 Å². The summed E-state index contributed by atoms with van der Waals surface area (Å²) in [5.74, 6) is -1.41. The predicted octanol–water partition coefficient (Wildman–Crippen LogP) is 3.76. The summed E-state index contributed by atoms with van der Waals surface area (Å²) in [6.07, 6.45) is 0. The summed E-state index contributed by atoms with van der Waals surface area (Å²) in [6.45, 7) is 3.00. The number of para-hydroxylation sites is 1. The number of halogens is 2. The lowest BCUT2D eigenvalue weighted by atomic mass is 9.90. The molecular weight excluding hydrogens is 331 g/mol. The van der Waals surface area contributed by atoms with E-state index in [0.717, 1.165) is 0 Å². The maximum Gasteiger partial charge on any atom is 0.239 e. The van der Waals surface area contributed by atoms with E-state index in [9.17, 15) is 14.0 Å². The molecule has 126 valence electrons. The molecule has 0 aliphatic heterocycles. The minimum Gasteiger partial charge on any atom is -0.351 e. The first-order valence-electron chi connectivity index (χ1n) is 7.40. The molecule has 0 unspecified atom stereocenters. The van der Waals surface area contributed by atoms with Crippen molar-refractivity contribution in [2.24, 2.45) is 5.41 Å². The van der Waals surface area contributed by atoms with E-state index in [-0.39, 0.29) is 6.54 Å². The van der Waals surface area contributed by atoms with Gasteiger partial charge in [0.25, 0.3) is 0 Å². The summed E-state index contributed by atoms with van der Waals surface area (Å²) >= 11 is 6.00. The SMILES string of the molecule is CC(C)(C(=O)NCc1ccccc1F)C(=O)Nc1ccccc1Cl. The van der Waals surface area contributed by atoms with Gasteiger partial charge in [-0.15, -0.1) is 0 Å². The number of carbonyl (C=O) groups is 2. The molecule has 0 spiro atoms. The van der Waals surface area contributed by atoms with Gasteiger partial charge in [0.1, 0.15) is 11.2 Å². The van der Waals surface area contributed by atoms with Crippen molar-refractivity contribution in [3.63, 3.8) is 0 Å². The van der Waals surface area contributed by atoms with E-state index in [4.69, 9.17) is 11.6 Å². The number of carbonyl (C=O) groups excluding carboxylic acids is 2. The number of hydrogen-bond donors (Lipinski definition) is 2. The summed E-state index contributed by atoms with van der Waals surface area (Å²) < 4.78 is 13.6. The van der Waals surface area contributed by atoms with Crippen LogP contribution in [0.2, 0.25) is 5.02 Å². The average molecular weight is 349 g/mol. The first-order chi connectivity index (χ1) is 11.3. The molecule has 0 atom stereocenters. The monoisotopic (exact) mass is 348 g/mol. The zero-order valence-electron chi connectivity index (χ0n) is 13.4. The highest BCUT2D eigenvalue weighted by Gasteiger charge is 2.36. The Morgan fingerprint density at radius 1 is 1.04 bits per heavy atom. The Kier molecular flexibility index (Phi) is 5.57. The average Bonchev–Trinajstić information content (AvgIpc) is 2.55. The van der Waals surface area contributed by atoms with Crippen molar-refractivity contribution in [3.8, 4) is 0 Å². The van der Waals surface area contributed by atoms with Crippen LogP contribution in [0.5, 0.6) is 0 Å². The van der Waals surface area contributed by atoms with E-state index in [1.54, 1.807) is 42.5 Å². The Hall–Kier alpha value is -2.40. The first-order valence-corrected chi connectivity index (χ1v) is 7.78. The Morgan fingerprint density at radius 3 is 2.33 bits per heavy atom. The molecule has 6 heteroatoms. The van der Waals surface area contributed by atoms with Gasteiger partial charge in [0.15, 0.2) is 0 Å². The lowest BCUT2D eigenvalue weighted by molar-refractivity contribution is -0.138. The van der Waals surface area contributed by atoms with Crippen LogP contribution in [0.25, 0.3) is 0 Å². The Bertz CT molecular complexity index is 762. The van der Waals surface area contributed by atoms with Crippen LogP contribution in [0.15, 0.2) is 48.5 Å². The van der Waals surface area contributed by atoms with Crippen molar-refractivity contribution < 1.29 is 14.0 Å². The van der Waals surface area contributed by atoms with Gasteiger partial charge in [0.2, 0.25) is 11.8 Å². The first kappa shape index (κ1) is 17.9. The van der Waals surface area contributed by atoms with Gasteiger partial charge in [0, 0.05) is 12.1 Å². The second kappa shape index (κ2) is 7.45. The lowest BCUT2D eigenvalue weighted by Gasteiger charge is -2.23. The minimum atomic E-state index is -1.34. The summed E-state index contributed by atoms with van der Waals surface area (Å²) in [5, 5.41) is 5.61. The molecule has 2 aromatic rings. The third kappa shape index (κ3) is 4.11. The van der Waals surface area contributed by atoms with Crippen molar-refractivity contribution >= 4 is 29.1 Å². The van der Waals surface area contributed by atoms with Gasteiger partial charge in [0.05, 0.1) is 10.7 Å². The molecule has 0 radical (unpaired) electrons. The lowest BCUT2D eigenvalue weighted by Crippen LogP contribution is -2.45. The zero-order chi connectivity index (χ0) is 17.7. The molecule has 24 heavy (non-hydrogen) atoms. The maximum absolute atomic E-state index is 13.6. The predicted molar refractivity (Wildman–Crippen MR) is 92.1 cm³/mol. The van der Waals surface area contributed by atoms with Gasteiger partial charge in [-0.1, -0.05) is 41.9 Å². The van der Waals surface area contributed by atoms with E-state index < -0.39 is 23.0 Å². The van der Waals surface area contributed by atoms with Crippen LogP contribution in [0.3, 0.4) is 0 Å². The smallest absolute Gasteiger partial charge is 0.239 e. The van der Waals surface area contributed by atoms with E-state index in [1.807, 2.05) is 0 Å². The van der Waals surface area contributed by atoms with Crippen LogP contribution in [-0.4, -0.2) is 11.8 Å². The van der Waals surface area contributed by atoms with Crippen LogP contribution in [-0.2, 0) is 16.1 Å². The van der Waals surface area contributed by atoms with Gasteiger partial charge in [-0.2, -0.15) is 0 Å². The van der Waals surface area contributed by atoms with Crippen LogP contribution in [0.4, 0.5) is 10.1 Å². The molecule has 0 aliphatic carbocycles. The second-order valence-electron chi connectivity index (χ2n) is 5.83. The second-order valence-corrected chi connectivity index (χ2v) is 6.24. The van der Waals surface area contributed by atoms with Crippen molar-refractivity contribution in [2.45, 2.75) is 20.4 Å². The van der Waals surface area contributed by atoms with Crippen LogP contribution < -0.4 is 10.6 Å². The van der Waals surface area contributed by atoms with Crippen LogP contribution in [0, 0.1) is 11.2 Å². The van der Waals surface area contributed by atoms with Crippen molar-refractivity contribution in [1.82, 2.24) is 5.32 Å². The highest BCUT2D eigenvalue weighted by Crippen LogP contribution is 2.24. The fourth-order valence-electron chi connectivity index (χ4n) is 1.98. The Morgan fingerprint density at radius 2 is 1.67 bits per heavy atom. The molecule has 0 bridgehead atoms. The molecule has 0 saturated carbocycles. The molecule has 0 aromatic heterocycles. The largest absolute Gasteiger partial charge is 0.351 e. The van der Waals surface area contributed by atoms with Gasteiger partial charge in [-0.3, -0.25) is 9.59 Å². The fraction of sp³-hybridized carbons (Fsp3) is 0.222. The highest BCUT2D eigenvalue weighted by molar-refractivity contribution is 6.33. The zero-order valence-corrected chi connectivity index (χ0v) is 14.2. The molecule has 4 nitrogen and oxygen atoms in total. The normalized spacial score (nSPS) is 11.0. The van der Waals surface area contributed by atoms with Gasteiger partial charge < -0.3 is 10.6 Å². The molecule has 2 aromatic carbocycles. The summed E-state index contributed by atoms with van der Waals surface area (Å²) in [6, 6.07) is 12.9. The van der Waals surface area contributed by atoms with Crippen molar-refractivity contribution in [3.05, 3.63) is 64.9 Å². The standard InChI is InChI=1S/C18H18ClFN2O2/c1-18(2,17(24)22-15-10-6-4-8-13(15)19)16(23)21-11-12-7-3-5-9-14(12)20/h3-10H,11H2,1-2H3,(H,21,23)(H,22,24). The van der Waals surface area contributed by atoms with Crippen LogP contribution >= 0.6 is 11.6 Å². The Labute approximate surface area is 145 Å². The topological polar surface area (TPSA) is 58.2 Å². The van der Waals surface area contributed by atoms with Crippen molar-refractivity contribution in [1.29, 1.82) is 0 Å². The third-order valence-electron chi connectivity index (χ3n) is 3.65. The van der Waals surface area contributed by atoms with Gasteiger partial charge in [-0.05, 0) is 32.0 Å². The third-order valence-corrected chi connectivity index (χ3v) is 3.98. The van der Waals surface area contributed by atoms with Gasteiger partial charge >= 0.3 is 0 Å². The molecule has 0 aliphatic rings. The summed E-state index contributed by atoms with van der Waals surface area (Å²) in [7, 11) is 0. The summed E-state index contributed by atoms with van der Waals surface area (Å²) in [4.78, 5) is 24.7. The molecule has 2 N–H and O–H groups in total. The van der Waals surface area contributed by atoms with E-state index >= 15 is 0 Å². The maximum atomic E-state index is 13.6. The van der Waals surface area contributed by atoms with Crippen molar-refractivity contribution in [2.75, 3.05) is 5.32 Å². The number of benzene rings is 2. The van der Waals surface area contributed by atoms with E-state index in [2.05, 4.69) is 10.6 Å². The van der Waals surface area contributed by atoms with E-state index in [0.29, 0.717) is 16.3 Å². The number of rotatable bonds is 5. The number of anilines is 1. The number of amides is 2. The number of hydrogen-bond acceptors (Lipinski definition) is 2. The molecule has 0 heterocycles.